The molecule has 1 atom stereocenters. The molecule has 2 heterocycles. The smallest absolute Gasteiger partial charge is 0.457 e. The van der Waals surface area contributed by atoms with E-state index in [0.29, 0.717) is 35.7 Å². The number of hydrogen-bond donors (Lipinski definition) is 2. The molecule has 1 aromatic heterocycles. The van der Waals surface area contributed by atoms with E-state index in [0.717, 1.165) is 18.6 Å². The summed E-state index contributed by atoms with van der Waals surface area (Å²) in [5, 5.41) is 0. The molecule has 4 rings (SSSR count). The molecule has 12 heteroatoms. The second kappa shape index (κ2) is 9.49. The van der Waals surface area contributed by atoms with Gasteiger partial charge in [0.2, 0.25) is 11.9 Å². The number of amides is 2. The Balaban J connectivity index is 1.55. The van der Waals surface area contributed by atoms with Crippen molar-refractivity contribution in [2.24, 2.45) is 11.5 Å². The van der Waals surface area contributed by atoms with Gasteiger partial charge in [0.05, 0.1) is 5.69 Å². The number of ether oxygens (including phenoxy) is 2. The number of benzene rings is 2. The summed E-state index contributed by atoms with van der Waals surface area (Å²) in [5.41, 5.74) is 11.9. The van der Waals surface area contributed by atoms with Crippen molar-refractivity contribution in [3.63, 3.8) is 0 Å². The lowest BCUT2D eigenvalue weighted by molar-refractivity contribution is -0.274. The summed E-state index contributed by atoms with van der Waals surface area (Å²) < 4.78 is 46.4. The van der Waals surface area contributed by atoms with Gasteiger partial charge in [0, 0.05) is 12.1 Å². The van der Waals surface area contributed by atoms with E-state index in [1.807, 2.05) is 0 Å². The third-order valence-electron chi connectivity index (χ3n) is 5.25. The fourth-order valence-corrected chi connectivity index (χ4v) is 3.68. The van der Waals surface area contributed by atoms with Gasteiger partial charge >= 0.3 is 6.36 Å². The van der Waals surface area contributed by atoms with E-state index in [-0.39, 0.29) is 17.4 Å². The number of nitrogens with two attached hydrogens (primary N) is 2. The SMILES string of the molecule is NC(=O)c1cc(-c2ccc(Oc3ccc(OC(F)(F)F)cc3)cc2)nc(N2CCC[C@H]2C(N)=O)n1. The molecule has 0 saturated carbocycles. The third-order valence-corrected chi connectivity index (χ3v) is 5.25. The van der Waals surface area contributed by atoms with E-state index in [1.165, 1.54) is 18.2 Å². The number of rotatable bonds is 7. The maximum absolute atomic E-state index is 12.3. The van der Waals surface area contributed by atoms with Crippen molar-refractivity contribution in [2.45, 2.75) is 25.2 Å². The number of alkyl halides is 3. The number of primary amides is 2. The Hall–Kier alpha value is -4.35. The molecule has 0 unspecified atom stereocenters. The highest BCUT2D eigenvalue weighted by atomic mass is 19.4. The average Bonchev–Trinajstić information content (AvgIpc) is 3.30. The molecule has 0 bridgehead atoms. The van der Waals surface area contributed by atoms with Gasteiger partial charge in [-0.25, -0.2) is 9.97 Å². The Morgan fingerprint density at radius 3 is 2.11 bits per heavy atom. The molecule has 2 amide bonds. The summed E-state index contributed by atoms with van der Waals surface area (Å²) in [5.74, 6) is -0.713. The van der Waals surface area contributed by atoms with Crippen LogP contribution in [-0.2, 0) is 4.79 Å². The molecule has 9 nitrogen and oxygen atoms in total. The van der Waals surface area contributed by atoms with Gasteiger partial charge in [-0.05, 0) is 67.4 Å². The average molecular weight is 487 g/mol. The van der Waals surface area contributed by atoms with Gasteiger partial charge in [0.1, 0.15) is 29.0 Å². The second-order valence-electron chi connectivity index (χ2n) is 7.70. The molecule has 2 aromatic carbocycles. The minimum atomic E-state index is -4.77. The molecule has 0 spiro atoms. The Labute approximate surface area is 197 Å². The molecule has 1 saturated heterocycles. The normalized spacial score (nSPS) is 15.6. The lowest BCUT2D eigenvalue weighted by Gasteiger charge is -2.22. The number of hydrogen-bond acceptors (Lipinski definition) is 7. The lowest BCUT2D eigenvalue weighted by Crippen LogP contribution is -2.41. The zero-order chi connectivity index (χ0) is 25.2. The summed E-state index contributed by atoms with van der Waals surface area (Å²) in [4.78, 5) is 34.0. The van der Waals surface area contributed by atoms with Crippen molar-refractivity contribution in [3.05, 3.63) is 60.3 Å². The minimum Gasteiger partial charge on any atom is -0.457 e. The lowest BCUT2D eigenvalue weighted by atomic mass is 10.1. The predicted molar refractivity (Wildman–Crippen MR) is 119 cm³/mol. The molecule has 182 valence electrons. The standard InChI is InChI=1S/C23H20F3N5O4/c24-23(25,26)35-16-9-7-15(8-10-16)34-14-5-3-13(4-6-14)17-12-18(20(27)32)30-22(29-17)31-11-1-2-19(31)21(28)33/h3-10,12,19H,1-2,11H2,(H2,27,32)(H2,28,33)/t19-/m0/s1. The molecule has 1 fully saturated rings. The molecular weight excluding hydrogens is 467 g/mol. The first kappa shape index (κ1) is 23.8. The number of carbonyl (C=O) groups excluding carboxylic acids is 2. The Morgan fingerprint density at radius 1 is 0.943 bits per heavy atom. The van der Waals surface area contributed by atoms with Crippen LogP contribution in [0.1, 0.15) is 23.3 Å². The van der Waals surface area contributed by atoms with Crippen LogP contribution in [0.3, 0.4) is 0 Å². The van der Waals surface area contributed by atoms with Crippen molar-refractivity contribution < 1.29 is 32.2 Å². The molecule has 35 heavy (non-hydrogen) atoms. The van der Waals surface area contributed by atoms with E-state index in [1.54, 1.807) is 29.2 Å². The summed E-state index contributed by atoms with van der Waals surface area (Å²) in [7, 11) is 0. The van der Waals surface area contributed by atoms with Crippen LogP contribution in [-0.4, -0.2) is 40.7 Å². The van der Waals surface area contributed by atoms with Gasteiger partial charge < -0.3 is 25.8 Å². The molecule has 1 aliphatic heterocycles. The highest BCUT2D eigenvalue weighted by Gasteiger charge is 2.32. The first-order valence-corrected chi connectivity index (χ1v) is 10.5. The highest BCUT2D eigenvalue weighted by Crippen LogP contribution is 2.30. The summed E-state index contributed by atoms with van der Waals surface area (Å²) in [6, 6.07) is 12.5. The fraction of sp³-hybridized carbons (Fsp3) is 0.217. The minimum absolute atomic E-state index is 0.0124. The van der Waals surface area contributed by atoms with Crippen LogP contribution < -0.4 is 25.8 Å². The van der Waals surface area contributed by atoms with Gasteiger partial charge in [-0.1, -0.05) is 0 Å². The second-order valence-corrected chi connectivity index (χ2v) is 7.70. The molecular formula is C23H20F3N5O4. The van der Waals surface area contributed by atoms with E-state index in [2.05, 4.69) is 14.7 Å². The zero-order valence-electron chi connectivity index (χ0n) is 18.2. The van der Waals surface area contributed by atoms with Crippen LogP contribution in [0.5, 0.6) is 17.2 Å². The first-order valence-electron chi connectivity index (χ1n) is 10.5. The van der Waals surface area contributed by atoms with Crippen molar-refractivity contribution in [3.8, 4) is 28.5 Å². The first-order chi connectivity index (χ1) is 16.6. The molecule has 3 aromatic rings. The molecule has 0 radical (unpaired) electrons. The van der Waals surface area contributed by atoms with Crippen LogP contribution >= 0.6 is 0 Å². The van der Waals surface area contributed by atoms with Gasteiger partial charge in [-0.15, -0.1) is 13.2 Å². The van der Waals surface area contributed by atoms with Crippen molar-refractivity contribution in [2.75, 3.05) is 11.4 Å². The molecule has 4 N–H and O–H groups in total. The number of nitrogens with zero attached hydrogens (tertiary/aromatic N) is 3. The fourth-order valence-electron chi connectivity index (χ4n) is 3.68. The third kappa shape index (κ3) is 5.78. The van der Waals surface area contributed by atoms with Gasteiger partial charge in [-0.3, -0.25) is 9.59 Å². The van der Waals surface area contributed by atoms with E-state index in [9.17, 15) is 22.8 Å². The van der Waals surface area contributed by atoms with E-state index < -0.39 is 24.2 Å². The van der Waals surface area contributed by atoms with Gasteiger partial charge in [0.15, 0.2) is 0 Å². The maximum Gasteiger partial charge on any atom is 0.573 e. The maximum atomic E-state index is 12.3. The summed E-state index contributed by atoms with van der Waals surface area (Å²) in [6.07, 6.45) is -3.49. The van der Waals surface area contributed by atoms with E-state index in [4.69, 9.17) is 16.2 Å². The highest BCUT2D eigenvalue weighted by molar-refractivity contribution is 5.92. The van der Waals surface area contributed by atoms with Crippen molar-refractivity contribution in [1.82, 2.24) is 9.97 Å². The Morgan fingerprint density at radius 2 is 1.54 bits per heavy atom. The van der Waals surface area contributed by atoms with Crippen LogP contribution in [0.2, 0.25) is 0 Å². The van der Waals surface area contributed by atoms with E-state index >= 15 is 0 Å². The van der Waals surface area contributed by atoms with Gasteiger partial charge in [0.25, 0.3) is 5.91 Å². The van der Waals surface area contributed by atoms with Gasteiger partial charge in [-0.2, -0.15) is 0 Å². The zero-order valence-corrected chi connectivity index (χ0v) is 18.2. The molecule has 1 aliphatic rings. The molecule has 0 aliphatic carbocycles. The number of aromatic nitrogens is 2. The quantitative estimate of drug-likeness (QED) is 0.522. The largest absolute Gasteiger partial charge is 0.573 e. The summed E-state index contributed by atoms with van der Waals surface area (Å²) >= 11 is 0. The monoisotopic (exact) mass is 487 g/mol. The van der Waals surface area contributed by atoms with Crippen LogP contribution in [0.4, 0.5) is 19.1 Å². The Kier molecular flexibility index (Phi) is 6.45. The Bertz CT molecular complexity index is 1230. The summed E-state index contributed by atoms with van der Waals surface area (Å²) in [6.45, 7) is 0.509. The van der Waals surface area contributed by atoms with Crippen LogP contribution in [0, 0.1) is 0 Å². The number of anilines is 1. The number of halogens is 3. The number of carbonyl (C=O) groups is 2. The van der Waals surface area contributed by atoms with Crippen LogP contribution in [0.15, 0.2) is 54.6 Å². The van der Waals surface area contributed by atoms with Crippen molar-refractivity contribution >= 4 is 17.8 Å². The predicted octanol–water partition coefficient (Wildman–Crippen LogP) is 3.39. The topological polar surface area (TPSA) is 134 Å². The van der Waals surface area contributed by atoms with Crippen LogP contribution in [0.25, 0.3) is 11.3 Å². The van der Waals surface area contributed by atoms with Crippen molar-refractivity contribution in [1.29, 1.82) is 0 Å².